The van der Waals surface area contributed by atoms with E-state index < -0.39 is 11.9 Å². The van der Waals surface area contributed by atoms with Gasteiger partial charge in [0.25, 0.3) is 0 Å². The fourth-order valence-corrected chi connectivity index (χ4v) is 2.64. The van der Waals surface area contributed by atoms with E-state index in [2.05, 4.69) is 0 Å². The van der Waals surface area contributed by atoms with Crippen LogP contribution < -0.4 is 0 Å². The number of carbonyl (C=O) groups is 2. The number of hydrogen-bond acceptors (Lipinski definition) is 3. The molecule has 22 heavy (non-hydrogen) atoms. The third-order valence-corrected chi connectivity index (χ3v) is 3.63. The predicted molar refractivity (Wildman–Crippen MR) is 82.4 cm³/mol. The normalized spacial score (nSPS) is 10.5. The van der Waals surface area contributed by atoms with E-state index in [1.165, 1.54) is 0 Å². The SMILES string of the molecule is CCOC(=O)c1c(C)c(C(=O)O)c(C)n1Cc1ccccc1. The molecule has 0 spiro atoms. The number of carboxylic acids is 1. The van der Waals surface area contributed by atoms with Gasteiger partial charge < -0.3 is 14.4 Å². The summed E-state index contributed by atoms with van der Waals surface area (Å²) in [7, 11) is 0. The first-order valence-corrected chi connectivity index (χ1v) is 7.11. The van der Waals surface area contributed by atoms with E-state index in [1.807, 2.05) is 30.3 Å². The number of carboxylic acid groups (broad SMARTS) is 1. The molecule has 0 aliphatic carbocycles. The van der Waals surface area contributed by atoms with E-state index in [1.54, 1.807) is 25.3 Å². The van der Waals surface area contributed by atoms with E-state index in [0.29, 0.717) is 23.5 Å². The Balaban J connectivity index is 2.57. The lowest BCUT2D eigenvalue weighted by Crippen LogP contribution is -2.15. The van der Waals surface area contributed by atoms with Crippen molar-refractivity contribution in [1.82, 2.24) is 4.57 Å². The molecule has 5 heteroatoms. The molecule has 1 N–H and O–H groups in total. The van der Waals surface area contributed by atoms with Crippen LogP contribution in [0.4, 0.5) is 0 Å². The summed E-state index contributed by atoms with van der Waals surface area (Å²) in [6.45, 7) is 5.75. The highest BCUT2D eigenvalue weighted by atomic mass is 16.5. The minimum Gasteiger partial charge on any atom is -0.478 e. The van der Waals surface area contributed by atoms with Crippen molar-refractivity contribution in [3.8, 4) is 0 Å². The van der Waals surface area contributed by atoms with Crippen molar-refractivity contribution in [2.45, 2.75) is 27.3 Å². The van der Waals surface area contributed by atoms with Gasteiger partial charge in [-0.15, -0.1) is 0 Å². The molecule has 5 nitrogen and oxygen atoms in total. The van der Waals surface area contributed by atoms with Crippen LogP contribution in [0, 0.1) is 13.8 Å². The van der Waals surface area contributed by atoms with Crippen molar-refractivity contribution in [2.24, 2.45) is 0 Å². The molecule has 0 aliphatic heterocycles. The molecule has 0 bridgehead atoms. The van der Waals surface area contributed by atoms with Gasteiger partial charge in [0.05, 0.1) is 12.2 Å². The second-order valence-electron chi connectivity index (χ2n) is 5.03. The summed E-state index contributed by atoms with van der Waals surface area (Å²) < 4.78 is 6.80. The number of aromatic carboxylic acids is 1. The van der Waals surface area contributed by atoms with Crippen LogP contribution >= 0.6 is 0 Å². The van der Waals surface area contributed by atoms with Gasteiger partial charge in [-0.25, -0.2) is 9.59 Å². The molecular weight excluding hydrogens is 282 g/mol. The van der Waals surface area contributed by atoms with Gasteiger partial charge in [0.15, 0.2) is 0 Å². The van der Waals surface area contributed by atoms with Crippen molar-refractivity contribution >= 4 is 11.9 Å². The van der Waals surface area contributed by atoms with Crippen molar-refractivity contribution in [3.63, 3.8) is 0 Å². The zero-order valence-corrected chi connectivity index (χ0v) is 12.9. The van der Waals surface area contributed by atoms with Crippen LogP contribution in [-0.2, 0) is 11.3 Å². The van der Waals surface area contributed by atoms with Gasteiger partial charge in [0.2, 0.25) is 0 Å². The minimum atomic E-state index is -1.03. The maximum Gasteiger partial charge on any atom is 0.355 e. The third-order valence-electron chi connectivity index (χ3n) is 3.63. The summed E-state index contributed by atoms with van der Waals surface area (Å²) in [5, 5.41) is 9.40. The summed E-state index contributed by atoms with van der Waals surface area (Å²) in [5.74, 6) is -1.53. The van der Waals surface area contributed by atoms with Crippen LogP contribution in [0.1, 0.15) is 44.6 Å². The van der Waals surface area contributed by atoms with E-state index in [4.69, 9.17) is 4.74 Å². The molecule has 1 aromatic carbocycles. The number of hydrogen-bond donors (Lipinski definition) is 1. The Bertz CT molecular complexity index is 701. The topological polar surface area (TPSA) is 68.5 Å². The van der Waals surface area contributed by atoms with Crippen LogP contribution in [0.2, 0.25) is 0 Å². The highest BCUT2D eigenvalue weighted by Crippen LogP contribution is 2.24. The molecule has 0 fully saturated rings. The molecule has 116 valence electrons. The molecule has 0 saturated carbocycles. The number of aromatic nitrogens is 1. The highest BCUT2D eigenvalue weighted by Gasteiger charge is 2.26. The number of carbonyl (C=O) groups excluding carboxylic acids is 1. The van der Waals surface area contributed by atoms with E-state index in [0.717, 1.165) is 5.56 Å². The van der Waals surface area contributed by atoms with Crippen LogP contribution in [0.5, 0.6) is 0 Å². The van der Waals surface area contributed by atoms with Crippen LogP contribution in [0.25, 0.3) is 0 Å². The van der Waals surface area contributed by atoms with Gasteiger partial charge in [-0.2, -0.15) is 0 Å². The maximum absolute atomic E-state index is 12.2. The zero-order chi connectivity index (χ0) is 16.3. The van der Waals surface area contributed by atoms with Gasteiger partial charge in [-0.05, 0) is 31.9 Å². The molecule has 0 radical (unpaired) electrons. The van der Waals surface area contributed by atoms with Crippen LogP contribution in [0.15, 0.2) is 30.3 Å². The Kier molecular flexibility index (Phi) is 4.65. The smallest absolute Gasteiger partial charge is 0.355 e. The molecule has 1 aromatic heterocycles. The van der Waals surface area contributed by atoms with E-state index in [-0.39, 0.29) is 12.2 Å². The molecule has 0 atom stereocenters. The van der Waals surface area contributed by atoms with Gasteiger partial charge in [-0.3, -0.25) is 0 Å². The molecule has 0 unspecified atom stereocenters. The van der Waals surface area contributed by atoms with E-state index >= 15 is 0 Å². The summed E-state index contributed by atoms with van der Waals surface area (Å²) >= 11 is 0. The lowest BCUT2D eigenvalue weighted by molar-refractivity contribution is 0.0513. The monoisotopic (exact) mass is 301 g/mol. The average Bonchev–Trinajstić information content (AvgIpc) is 2.71. The lowest BCUT2D eigenvalue weighted by atomic mass is 10.1. The number of esters is 1. The largest absolute Gasteiger partial charge is 0.478 e. The Labute approximate surface area is 129 Å². The third kappa shape index (κ3) is 2.88. The molecule has 2 aromatic rings. The minimum absolute atomic E-state index is 0.166. The number of nitrogens with zero attached hydrogens (tertiary/aromatic N) is 1. The average molecular weight is 301 g/mol. The summed E-state index contributed by atoms with van der Waals surface area (Å²) in [6.07, 6.45) is 0. The summed E-state index contributed by atoms with van der Waals surface area (Å²) in [4.78, 5) is 23.7. The molecule has 2 rings (SSSR count). The summed E-state index contributed by atoms with van der Waals surface area (Å²) in [5.41, 5.74) is 2.46. The first kappa shape index (κ1) is 15.8. The van der Waals surface area contributed by atoms with Crippen molar-refractivity contribution in [3.05, 3.63) is 58.4 Å². The van der Waals surface area contributed by atoms with Crippen molar-refractivity contribution < 1.29 is 19.4 Å². The Morgan fingerprint density at radius 3 is 2.36 bits per heavy atom. The molecule has 0 saturated heterocycles. The van der Waals surface area contributed by atoms with Gasteiger partial charge in [0.1, 0.15) is 5.69 Å². The lowest BCUT2D eigenvalue weighted by Gasteiger charge is -2.11. The van der Waals surface area contributed by atoms with Crippen LogP contribution in [-0.4, -0.2) is 28.2 Å². The highest BCUT2D eigenvalue weighted by molar-refractivity contribution is 5.98. The quantitative estimate of drug-likeness (QED) is 0.862. The fourth-order valence-electron chi connectivity index (χ4n) is 2.64. The van der Waals surface area contributed by atoms with Crippen molar-refractivity contribution in [1.29, 1.82) is 0 Å². The Morgan fingerprint density at radius 2 is 1.82 bits per heavy atom. The summed E-state index contributed by atoms with van der Waals surface area (Å²) in [6, 6.07) is 9.59. The first-order chi connectivity index (χ1) is 10.5. The fraction of sp³-hybridized carbons (Fsp3) is 0.294. The number of ether oxygens (including phenoxy) is 1. The standard InChI is InChI=1S/C17H19NO4/c1-4-22-17(21)15-11(2)14(16(19)20)12(3)18(15)10-13-8-6-5-7-9-13/h5-9H,4,10H2,1-3H3,(H,19,20). The first-order valence-electron chi connectivity index (χ1n) is 7.11. The number of rotatable bonds is 5. The second-order valence-corrected chi connectivity index (χ2v) is 5.03. The number of benzene rings is 1. The second kappa shape index (κ2) is 6.47. The molecule has 0 aliphatic rings. The predicted octanol–water partition coefficient (Wildman–Crippen LogP) is 3.03. The van der Waals surface area contributed by atoms with Gasteiger partial charge in [-0.1, -0.05) is 30.3 Å². The molecular formula is C17H19NO4. The van der Waals surface area contributed by atoms with Crippen LogP contribution in [0.3, 0.4) is 0 Å². The van der Waals surface area contributed by atoms with Gasteiger partial charge >= 0.3 is 11.9 Å². The van der Waals surface area contributed by atoms with Crippen molar-refractivity contribution in [2.75, 3.05) is 6.61 Å². The Hall–Kier alpha value is -2.56. The zero-order valence-electron chi connectivity index (χ0n) is 12.9. The molecule has 1 heterocycles. The van der Waals surface area contributed by atoms with E-state index in [9.17, 15) is 14.7 Å². The Morgan fingerprint density at radius 1 is 1.18 bits per heavy atom. The van der Waals surface area contributed by atoms with Gasteiger partial charge in [0, 0.05) is 12.2 Å². The molecule has 0 amide bonds. The maximum atomic E-state index is 12.2.